The van der Waals surface area contributed by atoms with E-state index in [1.807, 2.05) is 0 Å². The van der Waals surface area contributed by atoms with Gasteiger partial charge in [-0.2, -0.15) is 8.78 Å². The molecule has 2 nitrogen and oxygen atoms in total. The number of ether oxygens (including phenoxy) is 1. The van der Waals surface area contributed by atoms with Gasteiger partial charge in [-0.1, -0.05) is 15.9 Å². The molecule has 1 aromatic carbocycles. The van der Waals surface area contributed by atoms with Crippen molar-refractivity contribution < 1.29 is 18.6 Å². The highest BCUT2D eigenvalue weighted by Crippen LogP contribution is 2.23. The van der Waals surface area contributed by atoms with E-state index in [-0.39, 0.29) is 5.75 Å². The van der Waals surface area contributed by atoms with E-state index in [4.69, 9.17) is 5.11 Å². The molecule has 71 valence electrons. The molecule has 13 heavy (non-hydrogen) atoms. The zero-order chi connectivity index (χ0) is 9.84. The number of rotatable bonds is 3. The summed E-state index contributed by atoms with van der Waals surface area (Å²) >= 11 is 3.09. The van der Waals surface area contributed by atoms with Gasteiger partial charge in [-0.3, -0.25) is 0 Å². The molecule has 1 rings (SSSR count). The van der Waals surface area contributed by atoms with Crippen molar-refractivity contribution in [3.8, 4) is 5.75 Å². The topological polar surface area (TPSA) is 29.5 Å². The first-order valence-electron chi connectivity index (χ1n) is 3.34. The summed E-state index contributed by atoms with van der Waals surface area (Å²) < 4.78 is 28.3. The zero-order valence-corrected chi connectivity index (χ0v) is 7.96. The summed E-state index contributed by atoms with van der Waals surface area (Å²) in [4.78, 5) is 0. The van der Waals surface area contributed by atoms with Gasteiger partial charge in [0.2, 0.25) is 0 Å². The Labute approximate surface area is 82.3 Å². The van der Waals surface area contributed by atoms with Gasteiger partial charge in [-0.15, -0.1) is 0 Å². The van der Waals surface area contributed by atoms with E-state index < -0.39 is 6.61 Å². The number of halogens is 3. The molecule has 0 aromatic heterocycles. The number of aliphatic hydroxyl groups is 1. The van der Waals surface area contributed by atoms with E-state index in [0.29, 0.717) is 10.0 Å². The molecule has 0 bridgehead atoms. The molecule has 0 atom stereocenters. The maximum absolute atomic E-state index is 11.8. The zero-order valence-electron chi connectivity index (χ0n) is 6.38. The molecule has 0 fully saturated rings. The van der Waals surface area contributed by atoms with Crippen LogP contribution in [0.1, 0.15) is 5.56 Å². The highest BCUT2D eigenvalue weighted by molar-refractivity contribution is 9.10. The van der Waals surface area contributed by atoms with Gasteiger partial charge in [0, 0.05) is 4.47 Å². The molecule has 0 amide bonds. The summed E-state index contributed by atoms with van der Waals surface area (Å²) in [5.41, 5.74) is 0.394. The van der Waals surface area contributed by atoms with Crippen molar-refractivity contribution in [3.63, 3.8) is 0 Å². The quantitative estimate of drug-likeness (QED) is 0.896. The van der Waals surface area contributed by atoms with Crippen molar-refractivity contribution in [3.05, 3.63) is 34.8 Å². The van der Waals surface area contributed by atoms with Crippen LogP contribution < -0.4 is 4.74 Å². The fourth-order valence-corrected chi connectivity index (χ4v) is 1.32. The summed E-state index contributed by atoms with van der Waals surface area (Å²) in [6, 6.07) is 4.26. The summed E-state index contributed by atoms with van der Waals surface area (Å²) in [5, 5.41) is 8.63. The summed E-state index contributed by atoms with van der Waals surface area (Å²) in [7, 11) is 0. The van der Waals surface area contributed by atoms with E-state index in [0.717, 1.165) is 6.61 Å². The van der Waals surface area contributed by atoms with Crippen LogP contribution in [0.2, 0.25) is 0 Å². The average molecular weight is 252 g/mol. The Bertz CT molecular complexity index is 291. The number of alkyl halides is 2. The summed E-state index contributed by atoms with van der Waals surface area (Å²) in [6.45, 7) is -2.05. The molecule has 0 heterocycles. The SMILES string of the molecule is O[CH]c1cc(Br)cc(OC(F)F)c1. The molecule has 0 aliphatic rings. The molecule has 0 saturated heterocycles. The van der Waals surface area contributed by atoms with Crippen LogP contribution in [0, 0.1) is 6.61 Å². The molecule has 0 unspecified atom stereocenters. The number of hydrogen-bond donors (Lipinski definition) is 1. The van der Waals surface area contributed by atoms with Gasteiger partial charge < -0.3 is 9.84 Å². The Hall–Kier alpha value is -0.680. The highest BCUT2D eigenvalue weighted by atomic mass is 79.9. The minimum Gasteiger partial charge on any atom is -0.435 e. The molecule has 0 aliphatic heterocycles. The lowest BCUT2D eigenvalue weighted by Gasteiger charge is -2.06. The van der Waals surface area contributed by atoms with Crippen LogP contribution in [0.25, 0.3) is 0 Å². The number of aliphatic hydroxyl groups excluding tert-OH is 1. The first-order chi connectivity index (χ1) is 6.11. The van der Waals surface area contributed by atoms with Gasteiger partial charge in [0.1, 0.15) is 12.4 Å². The summed E-state index contributed by atoms with van der Waals surface area (Å²) in [5.74, 6) is 0.00433. The number of hydrogen-bond acceptors (Lipinski definition) is 2. The third-order valence-electron chi connectivity index (χ3n) is 1.27. The lowest BCUT2D eigenvalue weighted by atomic mass is 10.2. The largest absolute Gasteiger partial charge is 0.435 e. The fraction of sp³-hybridized carbons (Fsp3) is 0.125. The minimum atomic E-state index is -2.86. The van der Waals surface area contributed by atoms with Gasteiger partial charge in [0.05, 0.1) is 0 Å². The Kier molecular flexibility index (Phi) is 3.62. The fourth-order valence-electron chi connectivity index (χ4n) is 0.830. The Morgan fingerprint density at radius 3 is 2.62 bits per heavy atom. The average Bonchev–Trinajstić information content (AvgIpc) is 2.01. The Balaban J connectivity index is 2.88. The predicted molar refractivity (Wildman–Crippen MR) is 46.1 cm³/mol. The van der Waals surface area contributed by atoms with Crippen LogP contribution in [0.5, 0.6) is 5.75 Å². The second kappa shape index (κ2) is 4.53. The van der Waals surface area contributed by atoms with Crippen molar-refractivity contribution >= 4 is 15.9 Å². The van der Waals surface area contributed by atoms with Gasteiger partial charge in [-0.05, 0) is 23.8 Å². The molecule has 1 aromatic rings. The van der Waals surface area contributed by atoms with Crippen molar-refractivity contribution in [1.29, 1.82) is 0 Å². The first kappa shape index (κ1) is 10.4. The van der Waals surface area contributed by atoms with Crippen LogP contribution in [-0.2, 0) is 0 Å². The molecule has 5 heteroatoms. The molecule has 0 spiro atoms. The normalized spacial score (nSPS) is 10.5. The molecular weight excluding hydrogens is 246 g/mol. The van der Waals surface area contributed by atoms with Crippen LogP contribution in [0.15, 0.2) is 22.7 Å². The molecular formula is C8H6BrF2O2. The van der Waals surface area contributed by atoms with Crippen molar-refractivity contribution in [1.82, 2.24) is 0 Å². The van der Waals surface area contributed by atoms with Crippen molar-refractivity contribution in [2.24, 2.45) is 0 Å². The third-order valence-corrected chi connectivity index (χ3v) is 1.73. The lowest BCUT2D eigenvalue weighted by molar-refractivity contribution is -0.0499. The van der Waals surface area contributed by atoms with E-state index in [1.54, 1.807) is 6.07 Å². The molecule has 0 saturated carbocycles. The van der Waals surface area contributed by atoms with E-state index in [2.05, 4.69) is 20.7 Å². The second-order valence-electron chi connectivity index (χ2n) is 2.23. The van der Waals surface area contributed by atoms with Gasteiger partial charge in [-0.25, -0.2) is 0 Å². The lowest BCUT2D eigenvalue weighted by Crippen LogP contribution is -2.02. The van der Waals surface area contributed by atoms with E-state index >= 15 is 0 Å². The van der Waals surface area contributed by atoms with Crippen LogP contribution >= 0.6 is 15.9 Å². The standard InChI is InChI=1S/C8H6BrF2O2/c9-6-1-5(4-12)2-7(3-6)13-8(10)11/h1-4,8,12H. The minimum absolute atomic E-state index is 0.00433. The maximum atomic E-state index is 11.8. The Morgan fingerprint density at radius 1 is 1.38 bits per heavy atom. The molecule has 1 radical (unpaired) electrons. The Morgan fingerprint density at radius 2 is 2.08 bits per heavy atom. The predicted octanol–water partition coefficient (Wildman–Crippen LogP) is 2.93. The first-order valence-corrected chi connectivity index (χ1v) is 4.14. The summed E-state index contributed by atoms with van der Waals surface area (Å²) in [6.07, 6.45) is 0. The van der Waals surface area contributed by atoms with E-state index in [1.165, 1.54) is 12.1 Å². The van der Waals surface area contributed by atoms with E-state index in [9.17, 15) is 8.78 Å². The van der Waals surface area contributed by atoms with Crippen LogP contribution in [0.4, 0.5) is 8.78 Å². The second-order valence-corrected chi connectivity index (χ2v) is 3.14. The molecule has 1 N–H and O–H groups in total. The van der Waals surface area contributed by atoms with Crippen LogP contribution in [0.3, 0.4) is 0 Å². The van der Waals surface area contributed by atoms with Gasteiger partial charge in [0.25, 0.3) is 0 Å². The number of benzene rings is 1. The van der Waals surface area contributed by atoms with Crippen LogP contribution in [-0.4, -0.2) is 11.7 Å². The highest BCUT2D eigenvalue weighted by Gasteiger charge is 2.06. The monoisotopic (exact) mass is 251 g/mol. The van der Waals surface area contributed by atoms with Gasteiger partial charge >= 0.3 is 6.61 Å². The van der Waals surface area contributed by atoms with Gasteiger partial charge in [0.15, 0.2) is 0 Å². The maximum Gasteiger partial charge on any atom is 0.387 e. The smallest absolute Gasteiger partial charge is 0.387 e. The van der Waals surface area contributed by atoms with Crippen molar-refractivity contribution in [2.75, 3.05) is 0 Å². The molecule has 0 aliphatic carbocycles. The third kappa shape index (κ3) is 3.28. The van der Waals surface area contributed by atoms with Crippen molar-refractivity contribution in [2.45, 2.75) is 6.61 Å².